The summed E-state index contributed by atoms with van der Waals surface area (Å²) in [5.74, 6) is 0.804. The highest BCUT2D eigenvalue weighted by molar-refractivity contribution is 5.90. The molecule has 0 saturated heterocycles. The molecule has 0 spiro atoms. The molecule has 2 aromatic rings. The van der Waals surface area contributed by atoms with E-state index in [2.05, 4.69) is 5.32 Å². The van der Waals surface area contributed by atoms with Gasteiger partial charge in [0.1, 0.15) is 5.76 Å². The van der Waals surface area contributed by atoms with E-state index in [0.717, 1.165) is 29.9 Å². The molecule has 3 rings (SSSR count). The number of methoxy groups -OCH3 is 1. The van der Waals surface area contributed by atoms with Gasteiger partial charge in [-0.25, -0.2) is 4.79 Å². The normalized spacial score (nSPS) is 16.5. The number of hydrogen-bond donors (Lipinski definition) is 1. The number of carbonyl (C=O) groups is 1. The molecule has 1 N–H and O–H groups in total. The van der Waals surface area contributed by atoms with Crippen LogP contribution in [0.4, 0.5) is 10.5 Å². The van der Waals surface area contributed by atoms with E-state index in [1.54, 1.807) is 13.4 Å². The van der Waals surface area contributed by atoms with Gasteiger partial charge < -0.3 is 19.4 Å². The van der Waals surface area contributed by atoms with Crippen LogP contribution < -0.4 is 5.32 Å². The molecule has 2 amide bonds. The lowest BCUT2D eigenvalue weighted by atomic mass is 10.1. The fraction of sp³-hybridized carbons (Fsp3) is 0.421. The molecule has 1 saturated carbocycles. The van der Waals surface area contributed by atoms with Crippen molar-refractivity contribution >= 4 is 11.7 Å². The van der Waals surface area contributed by atoms with Gasteiger partial charge in [0.2, 0.25) is 0 Å². The standard InChI is InChI=1S/C19H24N2O3/c1-13(18-8-5-11-24-18)21(17-9-10-17)19(22)20-16-7-4-6-15(12-16)14(2)23-3/h4-8,11-14,17H,9-10H2,1-3H3,(H,20,22)/t13-,14-/m1/s1. The van der Waals surface area contributed by atoms with Gasteiger partial charge in [0.25, 0.3) is 0 Å². The van der Waals surface area contributed by atoms with Gasteiger partial charge in [-0.2, -0.15) is 0 Å². The van der Waals surface area contributed by atoms with Gasteiger partial charge in [-0.15, -0.1) is 0 Å². The van der Waals surface area contributed by atoms with E-state index in [1.165, 1.54) is 0 Å². The zero-order chi connectivity index (χ0) is 17.1. The number of nitrogens with zero attached hydrogens (tertiary/aromatic N) is 1. The van der Waals surface area contributed by atoms with Crippen LogP contribution in [-0.4, -0.2) is 24.1 Å². The average molecular weight is 328 g/mol. The van der Waals surface area contributed by atoms with Crippen molar-refractivity contribution in [2.24, 2.45) is 0 Å². The Labute approximate surface area is 142 Å². The highest BCUT2D eigenvalue weighted by atomic mass is 16.5. The van der Waals surface area contributed by atoms with Crippen molar-refractivity contribution < 1.29 is 13.9 Å². The summed E-state index contributed by atoms with van der Waals surface area (Å²) in [7, 11) is 1.68. The molecule has 128 valence electrons. The zero-order valence-electron chi connectivity index (χ0n) is 14.4. The molecule has 1 aliphatic rings. The van der Waals surface area contributed by atoms with Crippen LogP contribution in [0.1, 0.15) is 50.2 Å². The lowest BCUT2D eigenvalue weighted by Crippen LogP contribution is -2.38. The number of rotatable bonds is 6. The van der Waals surface area contributed by atoms with Crippen molar-refractivity contribution in [2.45, 2.75) is 44.9 Å². The third-order valence-corrected chi connectivity index (χ3v) is 4.51. The number of carbonyl (C=O) groups excluding carboxylic acids is 1. The van der Waals surface area contributed by atoms with Gasteiger partial charge in [-0.05, 0) is 56.5 Å². The highest BCUT2D eigenvalue weighted by Crippen LogP contribution is 2.35. The van der Waals surface area contributed by atoms with Crippen molar-refractivity contribution in [3.8, 4) is 0 Å². The second-order valence-electron chi connectivity index (χ2n) is 6.26. The predicted octanol–water partition coefficient (Wildman–Crippen LogP) is 4.74. The van der Waals surface area contributed by atoms with Gasteiger partial charge >= 0.3 is 6.03 Å². The maximum atomic E-state index is 12.8. The number of amides is 2. The molecule has 1 aromatic heterocycles. The monoisotopic (exact) mass is 328 g/mol. The van der Waals surface area contributed by atoms with Crippen LogP contribution in [0.15, 0.2) is 47.1 Å². The first kappa shape index (κ1) is 16.6. The highest BCUT2D eigenvalue weighted by Gasteiger charge is 2.37. The Hall–Kier alpha value is -2.27. The molecule has 0 aliphatic heterocycles. The lowest BCUT2D eigenvalue weighted by molar-refractivity contribution is 0.119. The Balaban J connectivity index is 1.75. The smallest absolute Gasteiger partial charge is 0.322 e. The molecule has 1 aliphatic carbocycles. The van der Waals surface area contributed by atoms with Crippen LogP contribution in [-0.2, 0) is 4.74 Å². The molecule has 2 atom stereocenters. The van der Waals surface area contributed by atoms with Crippen LogP contribution in [0.3, 0.4) is 0 Å². The van der Waals surface area contributed by atoms with Crippen molar-refractivity contribution in [3.63, 3.8) is 0 Å². The second-order valence-corrected chi connectivity index (χ2v) is 6.26. The van der Waals surface area contributed by atoms with Crippen molar-refractivity contribution in [2.75, 3.05) is 12.4 Å². The van der Waals surface area contributed by atoms with Crippen molar-refractivity contribution in [3.05, 3.63) is 54.0 Å². The molecule has 1 aromatic carbocycles. The van der Waals surface area contributed by atoms with E-state index >= 15 is 0 Å². The summed E-state index contributed by atoms with van der Waals surface area (Å²) >= 11 is 0. The first-order valence-electron chi connectivity index (χ1n) is 8.35. The maximum Gasteiger partial charge on any atom is 0.322 e. The molecular formula is C19H24N2O3. The van der Waals surface area contributed by atoms with Crippen LogP contribution in [0, 0.1) is 0 Å². The summed E-state index contributed by atoms with van der Waals surface area (Å²) in [5, 5.41) is 3.02. The van der Waals surface area contributed by atoms with E-state index in [0.29, 0.717) is 0 Å². The van der Waals surface area contributed by atoms with Gasteiger partial charge in [-0.1, -0.05) is 12.1 Å². The first-order chi connectivity index (χ1) is 11.6. The topological polar surface area (TPSA) is 54.7 Å². The molecule has 5 nitrogen and oxygen atoms in total. The Morgan fingerprint density at radius 3 is 2.71 bits per heavy atom. The quantitative estimate of drug-likeness (QED) is 0.833. The Kier molecular flexibility index (Phi) is 4.90. The third-order valence-electron chi connectivity index (χ3n) is 4.51. The molecule has 0 bridgehead atoms. The van der Waals surface area contributed by atoms with Crippen molar-refractivity contribution in [1.29, 1.82) is 0 Å². The van der Waals surface area contributed by atoms with Crippen LogP contribution in [0.5, 0.6) is 0 Å². The molecule has 1 heterocycles. The number of anilines is 1. The number of nitrogens with one attached hydrogen (secondary N) is 1. The zero-order valence-corrected chi connectivity index (χ0v) is 14.4. The Morgan fingerprint density at radius 1 is 1.29 bits per heavy atom. The number of benzene rings is 1. The lowest BCUT2D eigenvalue weighted by Gasteiger charge is -2.28. The van der Waals surface area contributed by atoms with Crippen LogP contribution in [0.2, 0.25) is 0 Å². The number of ether oxygens (including phenoxy) is 1. The first-order valence-corrected chi connectivity index (χ1v) is 8.35. The van der Waals surface area contributed by atoms with Gasteiger partial charge in [-0.3, -0.25) is 0 Å². The molecule has 24 heavy (non-hydrogen) atoms. The number of urea groups is 1. The third kappa shape index (κ3) is 3.62. The Morgan fingerprint density at radius 2 is 2.08 bits per heavy atom. The minimum absolute atomic E-state index is 0.0107. The van der Waals surface area contributed by atoms with E-state index in [-0.39, 0.29) is 24.2 Å². The minimum atomic E-state index is -0.0939. The fourth-order valence-corrected chi connectivity index (χ4v) is 2.87. The van der Waals surface area contributed by atoms with E-state index in [9.17, 15) is 4.79 Å². The summed E-state index contributed by atoms with van der Waals surface area (Å²) in [5.41, 5.74) is 1.81. The number of hydrogen-bond acceptors (Lipinski definition) is 3. The van der Waals surface area contributed by atoms with E-state index < -0.39 is 0 Å². The predicted molar refractivity (Wildman–Crippen MR) is 92.9 cm³/mol. The molecule has 0 unspecified atom stereocenters. The molecular weight excluding hydrogens is 304 g/mol. The summed E-state index contributed by atoms with van der Waals surface area (Å²) in [6, 6.07) is 11.6. The summed E-state index contributed by atoms with van der Waals surface area (Å²) in [6.45, 7) is 3.98. The van der Waals surface area contributed by atoms with Crippen LogP contribution in [0.25, 0.3) is 0 Å². The summed E-state index contributed by atoms with van der Waals surface area (Å²) < 4.78 is 10.8. The van der Waals surface area contributed by atoms with E-state index in [4.69, 9.17) is 9.15 Å². The average Bonchev–Trinajstić information content (AvgIpc) is 3.25. The van der Waals surface area contributed by atoms with Crippen LogP contribution >= 0.6 is 0 Å². The molecule has 0 radical (unpaired) electrons. The van der Waals surface area contributed by atoms with Gasteiger partial charge in [0, 0.05) is 18.8 Å². The maximum absolute atomic E-state index is 12.8. The number of furan rings is 1. The van der Waals surface area contributed by atoms with Gasteiger partial charge in [0.15, 0.2) is 0 Å². The fourth-order valence-electron chi connectivity index (χ4n) is 2.87. The van der Waals surface area contributed by atoms with Crippen molar-refractivity contribution in [1.82, 2.24) is 4.90 Å². The van der Waals surface area contributed by atoms with Gasteiger partial charge in [0.05, 0.1) is 18.4 Å². The van der Waals surface area contributed by atoms with E-state index in [1.807, 2.05) is 55.1 Å². The molecule has 1 fully saturated rings. The SMILES string of the molecule is CO[C@H](C)c1cccc(NC(=O)N(C2CC2)[C@H](C)c2ccco2)c1. The Bertz CT molecular complexity index is 680. The minimum Gasteiger partial charge on any atom is -0.467 e. The second kappa shape index (κ2) is 7.09. The molecule has 5 heteroatoms. The summed E-state index contributed by atoms with van der Waals surface area (Å²) in [6.07, 6.45) is 3.71. The summed E-state index contributed by atoms with van der Waals surface area (Å²) in [4.78, 5) is 14.7. The largest absolute Gasteiger partial charge is 0.467 e.